The Kier molecular flexibility index (Phi) is 4.37. The normalized spacial score (nSPS) is 21.1. The molecule has 4 nitrogen and oxygen atoms in total. The molecule has 1 aliphatic rings. The number of carbonyl (C=O) groups is 2. The van der Waals surface area contributed by atoms with Gasteiger partial charge in [-0.2, -0.15) is 0 Å². The van der Waals surface area contributed by atoms with E-state index in [-0.39, 0.29) is 10.0 Å². The molecule has 0 aromatic heterocycles. The number of hydrogen-bond donors (Lipinski definition) is 1. The van der Waals surface area contributed by atoms with Crippen LogP contribution in [0.1, 0.15) is 37.0 Å². The Balaban J connectivity index is 2.35. The van der Waals surface area contributed by atoms with Crippen molar-refractivity contribution in [2.45, 2.75) is 32.7 Å². The zero-order chi connectivity index (χ0) is 15.8. The second-order valence-electron chi connectivity index (χ2n) is 5.96. The van der Waals surface area contributed by atoms with E-state index >= 15 is 0 Å². The van der Waals surface area contributed by atoms with Crippen LogP contribution >= 0.6 is 15.9 Å². The molecular weight excluding hydrogens is 341 g/mol. The number of hydrogen-bond acceptors (Lipinski definition) is 2. The zero-order valence-electron chi connectivity index (χ0n) is 11.9. The lowest BCUT2D eigenvalue weighted by Crippen LogP contribution is -2.56. The first-order valence-electron chi connectivity index (χ1n) is 6.73. The minimum absolute atomic E-state index is 0.166. The lowest BCUT2D eigenvalue weighted by Gasteiger charge is -2.44. The van der Waals surface area contributed by atoms with E-state index in [2.05, 4.69) is 15.9 Å². The van der Waals surface area contributed by atoms with Crippen molar-refractivity contribution < 1.29 is 19.1 Å². The number of benzene rings is 1. The molecule has 21 heavy (non-hydrogen) atoms. The number of nitrogens with zero attached hydrogens (tertiary/aromatic N) is 1. The molecule has 1 aliphatic heterocycles. The molecule has 0 bridgehead atoms. The number of carboxylic acids is 1. The van der Waals surface area contributed by atoms with E-state index in [1.807, 2.05) is 13.8 Å². The average molecular weight is 358 g/mol. The molecule has 0 radical (unpaired) electrons. The summed E-state index contributed by atoms with van der Waals surface area (Å²) in [4.78, 5) is 25.5. The maximum atomic E-state index is 13.6. The van der Waals surface area contributed by atoms with Crippen LogP contribution in [-0.4, -0.2) is 34.5 Å². The summed E-state index contributed by atoms with van der Waals surface area (Å²) in [6, 6.07) is 3.18. The third kappa shape index (κ3) is 3.10. The number of piperidine rings is 1. The van der Waals surface area contributed by atoms with Crippen molar-refractivity contribution in [1.82, 2.24) is 4.90 Å². The molecule has 1 aromatic carbocycles. The Morgan fingerprint density at radius 1 is 1.43 bits per heavy atom. The van der Waals surface area contributed by atoms with E-state index in [1.54, 1.807) is 0 Å². The molecular formula is C15H17BrFNO3. The SMILES string of the molecule is CC1(C)CCCN(C(=O)c2ccc(Br)c(F)c2)C1C(=O)O. The van der Waals surface area contributed by atoms with Gasteiger partial charge in [-0.3, -0.25) is 4.79 Å². The highest BCUT2D eigenvalue weighted by Gasteiger charge is 2.44. The predicted molar refractivity (Wildman–Crippen MR) is 79.6 cm³/mol. The van der Waals surface area contributed by atoms with Crippen molar-refractivity contribution in [2.24, 2.45) is 5.41 Å². The van der Waals surface area contributed by atoms with Crippen LogP contribution in [0.3, 0.4) is 0 Å². The monoisotopic (exact) mass is 357 g/mol. The Labute approximate surface area is 131 Å². The molecule has 1 saturated heterocycles. The van der Waals surface area contributed by atoms with Crippen molar-refractivity contribution in [3.05, 3.63) is 34.1 Å². The van der Waals surface area contributed by atoms with Gasteiger partial charge in [0.05, 0.1) is 4.47 Å². The number of carboxylic acid groups (broad SMARTS) is 1. The summed E-state index contributed by atoms with van der Waals surface area (Å²) in [5, 5.41) is 9.46. The number of carbonyl (C=O) groups excluding carboxylic acids is 1. The molecule has 0 aliphatic carbocycles. The van der Waals surface area contributed by atoms with Gasteiger partial charge in [0.25, 0.3) is 5.91 Å². The van der Waals surface area contributed by atoms with Gasteiger partial charge in [-0.1, -0.05) is 13.8 Å². The van der Waals surface area contributed by atoms with Crippen molar-refractivity contribution in [3.63, 3.8) is 0 Å². The van der Waals surface area contributed by atoms with Crippen LogP contribution in [-0.2, 0) is 4.79 Å². The molecule has 114 valence electrons. The molecule has 1 N–H and O–H groups in total. The lowest BCUT2D eigenvalue weighted by atomic mass is 9.76. The van der Waals surface area contributed by atoms with Gasteiger partial charge >= 0.3 is 5.97 Å². The molecule has 2 rings (SSSR count). The standard InChI is InChI=1S/C15H17BrFNO3/c1-15(2)6-3-7-18(12(15)14(20)21)13(19)9-4-5-10(16)11(17)8-9/h4-5,8,12H,3,6-7H2,1-2H3,(H,20,21). The van der Waals surface area contributed by atoms with Crippen LogP contribution in [0.15, 0.2) is 22.7 Å². The van der Waals surface area contributed by atoms with Gasteiger partial charge in [0.15, 0.2) is 0 Å². The number of likely N-dealkylation sites (tertiary alicyclic amines) is 1. The number of aliphatic carboxylic acids is 1. The third-order valence-corrected chi connectivity index (χ3v) is 4.58. The van der Waals surface area contributed by atoms with E-state index in [0.717, 1.165) is 18.9 Å². The first-order valence-corrected chi connectivity index (χ1v) is 7.52. The Hall–Kier alpha value is -1.43. The molecule has 1 aromatic rings. The summed E-state index contributed by atoms with van der Waals surface area (Å²) in [5.41, 5.74) is -0.340. The van der Waals surface area contributed by atoms with Gasteiger partial charge in [-0.05, 0) is 52.4 Å². The topological polar surface area (TPSA) is 57.6 Å². The van der Waals surface area contributed by atoms with Crippen LogP contribution in [0.2, 0.25) is 0 Å². The van der Waals surface area contributed by atoms with Gasteiger partial charge in [0.1, 0.15) is 11.9 Å². The summed E-state index contributed by atoms with van der Waals surface area (Å²) >= 11 is 3.03. The van der Waals surface area contributed by atoms with Crippen molar-refractivity contribution in [1.29, 1.82) is 0 Å². The quantitative estimate of drug-likeness (QED) is 0.883. The fourth-order valence-corrected chi connectivity index (χ4v) is 3.12. The molecule has 1 fully saturated rings. The van der Waals surface area contributed by atoms with Gasteiger partial charge in [0.2, 0.25) is 0 Å². The Morgan fingerprint density at radius 2 is 2.10 bits per heavy atom. The van der Waals surface area contributed by atoms with Gasteiger partial charge in [-0.25, -0.2) is 9.18 Å². The van der Waals surface area contributed by atoms with Crippen LogP contribution in [0.4, 0.5) is 4.39 Å². The highest BCUT2D eigenvalue weighted by molar-refractivity contribution is 9.10. The summed E-state index contributed by atoms with van der Waals surface area (Å²) in [6.45, 7) is 4.05. The van der Waals surface area contributed by atoms with Crippen molar-refractivity contribution in [3.8, 4) is 0 Å². The Morgan fingerprint density at radius 3 is 2.67 bits per heavy atom. The highest BCUT2D eigenvalue weighted by atomic mass is 79.9. The van der Waals surface area contributed by atoms with Crippen molar-refractivity contribution in [2.75, 3.05) is 6.54 Å². The average Bonchev–Trinajstić information content (AvgIpc) is 2.39. The minimum atomic E-state index is -1.02. The number of amides is 1. The summed E-state index contributed by atoms with van der Waals surface area (Å²) in [7, 11) is 0. The molecule has 0 saturated carbocycles. The largest absolute Gasteiger partial charge is 0.480 e. The maximum Gasteiger partial charge on any atom is 0.326 e. The number of halogens is 2. The molecule has 1 amide bonds. The molecule has 0 spiro atoms. The van der Waals surface area contributed by atoms with E-state index in [0.29, 0.717) is 6.54 Å². The van der Waals surface area contributed by atoms with Crippen LogP contribution in [0, 0.1) is 11.2 Å². The van der Waals surface area contributed by atoms with E-state index < -0.39 is 29.2 Å². The first kappa shape index (κ1) is 15.9. The lowest BCUT2D eigenvalue weighted by molar-refractivity contribution is -0.148. The van der Waals surface area contributed by atoms with Gasteiger partial charge < -0.3 is 10.0 Å². The minimum Gasteiger partial charge on any atom is -0.480 e. The molecule has 6 heteroatoms. The fourth-order valence-electron chi connectivity index (χ4n) is 2.87. The highest BCUT2D eigenvalue weighted by Crippen LogP contribution is 2.36. The molecule has 1 atom stereocenters. The second-order valence-corrected chi connectivity index (χ2v) is 6.81. The summed E-state index contributed by atoms with van der Waals surface area (Å²) < 4.78 is 13.9. The van der Waals surface area contributed by atoms with Gasteiger partial charge in [-0.15, -0.1) is 0 Å². The summed E-state index contributed by atoms with van der Waals surface area (Å²) in [5.74, 6) is -2.00. The van der Waals surface area contributed by atoms with Crippen LogP contribution in [0.5, 0.6) is 0 Å². The van der Waals surface area contributed by atoms with E-state index in [4.69, 9.17) is 0 Å². The first-order chi connectivity index (χ1) is 9.74. The van der Waals surface area contributed by atoms with Crippen LogP contribution in [0.25, 0.3) is 0 Å². The molecule has 1 unspecified atom stereocenters. The second kappa shape index (κ2) is 5.75. The van der Waals surface area contributed by atoms with E-state index in [9.17, 15) is 19.1 Å². The van der Waals surface area contributed by atoms with Crippen LogP contribution < -0.4 is 0 Å². The molecule has 1 heterocycles. The third-order valence-electron chi connectivity index (χ3n) is 3.93. The number of rotatable bonds is 2. The fraction of sp³-hybridized carbons (Fsp3) is 0.467. The smallest absolute Gasteiger partial charge is 0.326 e. The van der Waals surface area contributed by atoms with Gasteiger partial charge in [0, 0.05) is 12.1 Å². The predicted octanol–water partition coefficient (Wildman–Crippen LogP) is 3.30. The van der Waals surface area contributed by atoms with Crippen molar-refractivity contribution >= 4 is 27.8 Å². The maximum absolute atomic E-state index is 13.6. The zero-order valence-corrected chi connectivity index (χ0v) is 13.5. The summed E-state index contributed by atoms with van der Waals surface area (Å²) in [6.07, 6.45) is 1.48. The van der Waals surface area contributed by atoms with E-state index in [1.165, 1.54) is 17.0 Å². The Bertz CT molecular complexity index is 588.